The van der Waals surface area contributed by atoms with Crippen LogP contribution in [-0.2, 0) is 14.3 Å². The normalized spacial score (nSPS) is 13.7. The lowest BCUT2D eigenvalue weighted by Crippen LogP contribution is -2.49. The van der Waals surface area contributed by atoms with Gasteiger partial charge in [0.2, 0.25) is 0 Å². The summed E-state index contributed by atoms with van der Waals surface area (Å²) < 4.78 is 4.56. The van der Waals surface area contributed by atoms with Gasteiger partial charge in [-0.25, -0.2) is 4.79 Å². The molecule has 7 heteroatoms. The van der Waals surface area contributed by atoms with Crippen LogP contribution in [0, 0.1) is 0 Å². The summed E-state index contributed by atoms with van der Waals surface area (Å²) in [7, 11) is 1.20. The van der Waals surface area contributed by atoms with Crippen molar-refractivity contribution in [2.45, 2.75) is 25.1 Å². The van der Waals surface area contributed by atoms with E-state index >= 15 is 0 Å². The fourth-order valence-corrected chi connectivity index (χ4v) is 2.50. The van der Waals surface area contributed by atoms with E-state index in [1.54, 1.807) is 60.7 Å². The van der Waals surface area contributed by atoms with Crippen molar-refractivity contribution in [2.24, 2.45) is 0 Å². The number of hydrogen-bond acceptors (Lipinski definition) is 5. The lowest BCUT2D eigenvalue weighted by molar-refractivity contribution is -0.146. The molecule has 0 bridgehead atoms. The Hall–Kier alpha value is -3.19. The highest BCUT2D eigenvalue weighted by Crippen LogP contribution is 2.18. The van der Waals surface area contributed by atoms with E-state index in [1.165, 1.54) is 14.0 Å². The third-order valence-corrected chi connectivity index (χ3v) is 3.98. The Balaban J connectivity index is 2.21. The van der Waals surface area contributed by atoms with Crippen molar-refractivity contribution in [3.63, 3.8) is 0 Å². The van der Waals surface area contributed by atoms with Crippen molar-refractivity contribution in [1.29, 1.82) is 0 Å². The lowest BCUT2D eigenvalue weighted by atomic mass is 10.00. The van der Waals surface area contributed by atoms with E-state index in [2.05, 4.69) is 15.4 Å². The minimum Gasteiger partial charge on any atom is -0.467 e. The second-order valence-electron chi connectivity index (χ2n) is 5.93. The molecular weight excluding hydrogens is 348 g/mol. The van der Waals surface area contributed by atoms with Crippen molar-refractivity contribution >= 4 is 17.8 Å². The molecule has 3 N–H and O–H groups in total. The maximum atomic E-state index is 12.5. The molecule has 27 heavy (non-hydrogen) atoms. The molecule has 2 aromatic carbocycles. The Morgan fingerprint density at radius 2 is 1.48 bits per heavy atom. The predicted octanol–water partition coefficient (Wildman–Crippen LogP) is 1.20. The molecule has 0 saturated heterocycles. The van der Waals surface area contributed by atoms with Gasteiger partial charge < -0.3 is 20.5 Å². The van der Waals surface area contributed by atoms with Crippen LogP contribution in [0.15, 0.2) is 60.7 Å². The second kappa shape index (κ2) is 9.49. The van der Waals surface area contributed by atoms with Gasteiger partial charge in [-0.05, 0) is 24.6 Å². The van der Waals surface area contributed by atoms with Crippen LogP contribution in [-0.4, -0.2) is 42.1 Å². The molecule has 0 aliphatic carbocycles. The van der Waals surface area contributed by atoms with Gasteiger partial charge in [0.1, 0.15) is 6.04 Å². The van der Waals surface area contributed by atoms with Gasteiger partial charge in [-0.2, -0.15) is 0 Å². The van der Waals surface area contributed by atoms with Gasteiger partial charge in [0.15, 0.2) is 6.10 Å². The molecule has 0 fully saturated rings. The molecular formula is C20H22N2O5. The topological polar surface area (TPSA) is 105 Å². The summed E-state index contributed by atoms with van der Waals surface area (Å²) in [6, 6.07) is 15.2. The fraction of sp³-hybridized carbons (Fsp3) is 0.250. The molecule has 2 rings (SSSR count). The number of esters is 1. The number of rotatable bonds is 7. The zero-order valence-corrected chi connectivity index (χ0v) is 15.1. The first-order valence-electron chi connectivity index (χ1n) is 8.41. The smallest absolute Gasteiger partial charge is 0.328 e. The number of aliphatic hydroxyl groups excluding tert-OH is 1. The van der Waals surface area contributed by atoms with Gasteiger partial charge in [-0.15, -0.1) is 0 Å². The molecule has 142 valence electrons. The van der Waals surface area contributed by atoms with Crippen molar-refractivity contribution < 1.29 is 24.2 Å². The number of benzene rings is 2. The molecule has 0 saturated carbocycles. The second-order valence-corrected chi connectivity index (χ2v) is 5.93. The van der Waals surface area contributed by atoms with Crippen LogP contribution >= 0.6 is 0 Å². The molecule has 0 aromatic heterocycles. The van der Waals surface area contributed by atoms with E-state index in [0.29, 0.717) is 11.1 Å². The van der Waals surface area contributed by atoms with E-state index < -0.39 is 36.0 Å². The molecule has 0 spiro atoms. The average molecular weight is 370 g/mol. The van der Waals surface area contributed by atoms with E-state index in [1.807, 2.05) is 0 Å². The highest BCUT2D eigenvalue weighted by atomic mass is 16.5. The fourth-order valence-electron chi connectivity index (χ4n) is 2.50. The monoisotopic (exact) mass is 370 g/mol. The number of ether oxygens (including phenoxy) is 1. The molecule has 0 radical (unpaired) electrons. The number of amides is 2. The molecule has 7 nitrogen and oxygen atoms in total. The number of hydrogen-bond donors (Lipinski definition) is 3. The van der Waals surface area contributed by atoms with Gasteiger partial charge in [0.25, 0.3) is 11.8 Å². The van der Waals surface area contributed by atoms with Crippen LogP contribution in [0.2, 0.25) is 0 Å². The Morgan fingerprint density at radius 3 is 2.04 bits per heavy atom. The summed E-state index contributed by atoms with van der Waals surface area (Å²) in [5.41, 5.74) is 0.948. The van der Waals surface area contributed by atoms with Crippen molar-refractivity contribution in [2.75, 3.05) is 7.11 Å². The SMILES string of the molecule is COC(=O)[C@H](C)NC(=O)[C@H](O)[C@@H](NC(=O)c1ccccc1)c1ccccc1. The number of carbonyl (C=O) groups is 3. The first kappa shape index (κ1) is 20.1. The van der Waals surface area contributed by atoms with E-state index in [9.17, 15) is 19.5 Å². The number of nitrogens with one attached hydrogen (secondary N) is 2. The van der Waals surface area contributed by atoms with Crippen LogP contribution in [0.4, 0.5) is 0 Å². The van der Waals surface area contributed by atoms with Crippen LogP contribution in [0.5, 0.6) is 0 Å². The average Bonchev–Trinajstić information content (AvgIpc) is 2.71. The maximum absolute atomic E-state index is 12.5. The number of carbonyl (C=O) groups excluding carboxylic acids is 3. The quantitative estimate of drug-likeness (QED) is 0.635. The van der Waals surface area contributed by atoms with E-state index in [0.717, 1.165) is 0 Å². The Kier molecular flexibility index (Phi) is 7.08. The van der Waals surface area contributed by atoms with Gasteiger partial charge in [-0.1, -0.05) is 48.5 Å². The number of methoxy groups -OCH3 is 1. The summed E-state index contributed by atoms with van der Waals surface area (Å²) >= 11 is 0. The summed E-state index contributed by atoms with van der Waals surface area (Å²) in [6.07, 6.45) is -1.60. The van der Waals surface area contributed by atoms with Gasteiger partial charge in [0, 0.05) is 5.56 Å². The highest BCUT2D eigenvalue weighted by Gasteiger charge is 2.31. The van der Waals surface area contributed by atoms with Crippen LogP contribution in [0.1, 0.15) is 28.9 Å². The van der Waals surface area contributed by atoms with Crippen LogP contribution in [0.3, 0.4) is 0 Å². The Morgan fingerprint density at radius 1 is 0.926 bits per heavy atom. The highest BCUT2D eigenvalue weighted by molar-refractivity contribution is 5.95. The zero-order chi connectivity index (χ0) is 19.8. The van der Waals surface area contributed by atoms with Gasteiger partial charge in [0.05, 0.1) is 13.2 Å². The standard InChI is InChI=1S/C20H22N2O5/c1-13(20(26)27-2)21-19(25)17(23)16(14-9-5-3-6-10-14)22-18(24)15-11-7-4-8-12-15/h3-13,16-17,23H,1-2H3,(H,21,25)(H,22,24)/t13-,16-,17+/m0/s1. The van der Waals surface area contributed by atoms with Gasteiger partial charge in [-0.3, -0.25) is 9.59 Å². The molecule has 3 atom stereocenters. The molecule has 0 aliphatic heterocycles. The van der Waals surface area contributed by atoms with Crippen LogP contribution in [0.25, 0.3) is 0 Å². The van der Waals surface area contributed by atoms with E-state index in [4.69, 9.17) is 0 Å². The Bertz CT molecular complexity index is 779. The van der Waals surface area contributed by atoms with Crippen molar-refractivity contribution in [3.8, 4) is 0 Å². The summed E-state index contributed by atoms with van der Waals surface area (Å²) in [4.78, 5) is 36.4. The van der Waals surface area contributed by atoms with Crippen LogP contribution < -0.4 is 10.6 Å². The lowest BCUT2D eigenvalue weighted by Gasteiger charge is -2.25. The zero-order valence-electron chi connectivity index (χ0n) is 15.1. The molecule has 0 unspecified atom stereocenters. The van der Waals surface area contributed by atoms with Gasteiger partial charge >= 0.3 is 5.97 Å². The first-order chi connectivity index (χ1) is 12.9. The molecule has 2 amide bonds. The minimum absolute atomic E-state index is 0.397. The summed E-state index contributed by atoms with van der Waals surface area (Å²) in [5.74, 6) is -1.87. The first-order valence-corrected chi connectivity index (χ1v) is 8.41. The Labute approximate surface area is 157 Å². The largest absolute Gasteiger partial charge is 0.467 e. The molecule has 0 aliphatic rings. The van der Waals surface area contributed by atoms with Crippen molar-refractivity contribution in [1.82, 2.24) is 10.6 Å². The molecule has 2 aromatic rings. The third-order valence-electron chi connectivity index (χ3n) is 3.98. The summed E-state index contributed by atoms with van der Waals surface area (Å²) in [5, 5.41) is 15.6. The van der Waals surface area contributed by atoms with E-state index in [-0.39, 0.29) is 0 Å². The minimum atomic E-state index is -1.60. The third kappa shape index (κ3) is 5.39. The van der Waals surface area contributed by atoms with Crippen molar-refractivity contribution in [3.05, 3.63) is 71.8 Å². The molecule has 0 heterocycles. The maximum Gasteiger partial charge on any atom is 0.328 e. The number of aliphatic hydroxyl groups is 1. The summed E-state index contributed by atoms with van der Waals surface area (Å²) in [6.45, 7) is 1.44. The predicted molar refractivity (Wildman–Crippen MR) is 98.7 cm³/mol.